The smallest absolute Gasteiger partial charge is 0.224 e. The third kappa shape index (κ3) is 5.32. The number of methoxy groups -OCH3 is 1. The number of carbonyl (C=O) groups excluding carboxylic acids is 1. The van der Waals surface area contributed by atoms with Crippen LogP contribution in [0.1, 0.15) is 42.2 Å². The number of thiophene rings is 1. The second-order valence-electron chi connectivity index (χ2n) is 6.81. The van der Waals surface area contributed by atoms with Gasteiger partial charge in [-0.3, -0.25) is 9.69 Å². The van der Waals surface area contributed by atoms with Crippen molar-refractivity contribution in [1.82, 2.24) is 10.2 Å². The molecule has 2 aromatic rings. The number of likely N-dealkylation sites (tertiary alicyclic amines) is 1. The SMILES string of the molecule is COc1ccc(CC(=O)NC[C@H](c2cccs2)N2CCCCCC2)cc1. The average molecular weight is 373 g/mol. The Balaban J connectivity index is 1.58. The van der Waals surface area contributed by atoms with Gasteiger partial charge >= 0.3 is 0 Å². The van der Waals surface area contributed by atoms with Crippen LogP contribution < -0.4 is 10.1 Å². The third-order valence-electron chi connectivity index (χ3n) is 4.97. The summed E-state index contributed by atoms with van der Waals surface area (Å²) in [6.07, 6.45) is 5.54. The zero-order valence-corrected chi connectivity index (χ0v) is 16.3. The molecular formula is C21H28N2O2S. The molecule has 1 atom stereocenters. The van der Waals surface area contributed by atoms with Crippen LogP contribution in [0.4, 0.5) is 0 Å². The summed E-state index contributed by atoms with van der Waals surface area (Å²) in [6, 6.07) is 12.3. The Hall–Kier alpha value is -1.85. The molecule has 4 nitrogen and oxygen atoms in total. The number of ether oxygens (including phenoxy) is 1. The van der Waals surface area contributed by atoms with Crippen LogP contribution in [-0.2, 0) is 11.2 Å². The van der Waals surface area contributed by atoms with Gasteiger partial charge in [-0.1, -0.05) is 31.0 Å². The predicted octanol–water partition coefficient (Wildman–Crippen LogP) is 4.03. The van der Waals surface area contributed by atoms with Crippen molar-refractivity contribution in [3.8, 4) is 5.75 Å². The van der Waals surface area contributed by atoms with Crippen LogP contribution in [0.25, 0.3) is 0 Å². The summed E-state index contributed by atoms with van der Waals surface area (Å²) in [6.45, 7) is 2.92. The number of hydrogen-bond donors (Lipinski definition) is 1. The second kappa shape index (κ2) is 9.74. The molecule has 1 amide bonds. The molecule has 1 aliphatic heterocycles. The van der Waals surface area contributed by atoms with E-state index in [2.05, 4.69) is 27.7 Å². The first-order valence-electron chi connectivity index (χ1n) is 9.43. The van der Waals surface area contributed by atoms with Crippen LogP contribution in [0, 0.1) is 0 Å². The van der Waals surface area contributed by atoms with Crippen molar-refractivity contribution in [3.05, 3.63) is 52.2 Å². The topological polar surface area (TPSA) is 41.6 Å². The fourth-order valence-corrected chi connectivity index (χ4v) is 4.36. The Kier molecular flexibility index (Phi) is 7.09. The Morgan fingerprint density at radius 1 is 1.15 bits per heavy atom. The highest BCUT2D eigenvalue weighted by atomic mass is 32.1. The minimum atomic E-state index is 0.0755. The maximum Gasteiger partial charge on any atom is 0.224 e. The van der Waals surface area contributed by atoms with Crippen LogP contribution in [0.3, 0.4) is 0 Å². The van der Waals surface area contributed by atoms with E-state index in [0.717, 1.165) is 24.4 Å². The van der Waals surface area contributed by atoms with E-state index in [1.807, 2.05) is 24.3 Å². The van der Waals surface area contributed by atoms with Gasteiger partial charge in [0.1, 0.15) is 5.75 Å². The first-order chi connectivity index (χ1) is 12.8. The Morgan fingerprint density at radius 3 is 2.50 bits per heavy atom. The molecule has 0 radical (unpaired) electrons. The number of rotatable bonds is 7. The summed E-state index contributed by atoms with van der Waals surface area (Å²) in [5.74, 6) is 0.889. The largest absolute Gasteiger partial charge is 0.497 e. The molecule has 1 fully saturated rings. The molecule has 3 rings (SSSR count). The molecule has 1 aromatic carbocycles. The van der Waals surface area contributed by atoms with Crippen molar-refractivity contribution in [2.24, 2.45) is 0 Å². The molecule has 140 valence electrons. The van der Waals surface area contributed by atoms with E-state index in [0.29, 0.717) is 13.0 Å². The van der Waals surface area contributed by atoms with Gasteiger partial charge in [-0.2, -0.15) is 0 Å². The highest BCUT2D eigenvalue weighted by molar-refractivity contribution is 7.10. The van der Waals surface area contributed by atoms with Gasteiger partial charge in [0.25, 0.3) is 0 Å². The lowest BCUT2D eigenvalue weighted by atomic mass is 10.1. The number of nitrogens with zero attached hydrogens (tertiary/aromatic N) is 1. The normalized spacial score (nSPS) is 16.7. The van der Waals surface area contributed by atoms with E-state index in [1.54, 1.807) is 18.4 Å². The first kappa shape index (κ1) is 18.9. The molecule has 0 saturated carbocycles. The van der Waals surface area contributed by atoms with Crippen LogP contribution in [0.15, 0.2) is 41.8 Å². The fraction of sp³-hybridized carbons (Fsp3) is 0.476. The van der Waals surface area contributed by atoms with Gasteiger partial charge in [-0.15, -0.1) is 11.3 Å². The number of hydrogen-bond acceptors (Lipinski definition) is 4. The molecule has 0 aliphatic carbocycles. The average Bonchev–Trinajstić information content (AvgIpc) is 3.05. The summed E-state index contributed by atoms with van der Waals surface area (Å²) >= 11 is 1.78. The van der Waals surface area contributed by atoms with Crippen LogP contribution in [-0.4, -0.2) is 37.6 Å². The summed E-state index contributed by atoms with van der Waals surface area (Å²) in [7, 11) is 1.65. The fourth-order valence-electron chi connectivity index (χ4n) is 3.50. The minimum absolute atomic E-state index is 0.0755. The van der Waals surface area contributed by atoms with Gasteiger partial charge in [0.15, 0.2) is 0 Å². The van der Waals surface area contributed by atoms with Crippen molar-refractivity contribution < 1.29 is 9.53 Å². The maximum absolute atomic E-state index is 12.4. The molecule has 0 unspecified atom stereocenters. The Bertz CT molecular complexity index is 662. The zero-order valence-electron chi connectivity index (χ0n) is 15.4. The van der Waals surface area contributed by atoms with E-state index in [4.69, 9.17) is 4.74 Å². The van der Waals surface area contributed by atoms with Crippen LogP contribution >= 0.6 is 11.3 Å². The Morgan fingerprint density at radius 2 is 1.88 bits per heavy atom. The van der Waals surface area contributed by atoms with E-state index in [1.165, 1.54) is 30.6 Å². The van der Waals surface area contributed by atoms with E-state index < -0.39 is 0 Å². The lowest BCUT2D eigenvalue weighted by Gasteiger charge is -2.30. The summed E-state index contributed by atoms with van der Waals surface area (Å²) in [5.41, 5.74) is 1.01. The molecule has 26 heavy (non-hydrogen) atoms. The zero-order chi connectivity index (χ0) is 18.2. The summed E-state index contributed by atoms with van der Waals surface area (Å²) in [4.78, 5) is 16.3. The van der Waals surface area contributed by atoms with Crippen molar-refractivity contribution in [1.29, 1.82) is 0 Å². The van der Waals surface area contributed by atoms with Gasteiger partial charge < -0.3 is 10.1 Å². The van der Waals surface area contributed by atoms with Gasteiger partial charge in [0, 0.05) is 11.4 Å². The van der Waals surface area contributed by atoms with E-state index in [9.17, 15) is 4.79 Å². The van der Waals surface area contributed by atoms with Crippen molar-refractivity contribution in [2.45, 2.75) is 38.1 Å². The molecule has 2 heterocycles. The molecule has 1 saturated heterocycles. The third-order valence-corrected chi connectivity index (χ3v) is 5.94. The Labute approximate surface area is 160 Å². The van der Waals surface area contributed by atoms with E-state index >= 15 is 0 Å². The van der Waals surface area contributed by atoms with Crippen molar-refractivity contribution >= 4 is 17.2 Å². The van der Waals surface area contributed by atoms with Crippen molar-refractivity contribution in [2.75, 3.05) is 26.7 Å². The monoisotopic (exact) mass is 372 g/mol. The minimum Gasteiger partial charge on any atom is -0.497 e. The molecule has 0 bridgehead atoms. The van der Waals surface area contributed by atoms with Gasteiger partial charge in [0.2, 0.25) is 5.91 Å². The number of benzene rings is 1. The predicted molar refractivity (Wildman–Crippen MR) is 107 cm³/mol. The standard InChI is InChI=1S/C21H28N2O2S/c1-25-18-10-8-17(9-11-18)15-21(24)22-16-19(20-7-6-14-26-20)23-12-4-2-3-5-13-23/h6-11,14,19H,2-5,12-13,15-16H2,1H3,(H,22,24)/t19-/m1/s1. The number of carbonyl (C=O) groups is 1. The highest BCUT2D eigenvalue weighted by Gasteiger charge is 2.22. The molecule has 0 spiro atoms. The van der Waals surface area contributed by atoms with Gasteiger partial charge in [-0.25, -0.2) is 0 Å². The molecule has 1 aromatic heterocycles. The summed E-state index contributed by atoms with van der Waals surface area (Å²) < 4.78 is 5.17. The summed E-state index contributed by atoms with van der Waals surface area (Å²) in [5, 5.41) is 5.28. The molecule has 1 aliphatic rings. The van der Waals surface area contributed by atoms with Crippen LogP contribution in [0.5, 0.6) is 5.75 Å². The number of amides is 1. The maximum atomic E-state index is 12.4. The molecule has 5 heteroatoms. The van der Waals surface area contributed by atoms with Gasteiger partial charge in [-0.05, 0) is 55.1 Å². The molecule has 1 N–H and O–H groups in total. The van der Waals surface area contributed by atoms with Gasteiger partial charge in [0.05, 0.1) is 19.6 Å². The molecular weight excluding hydrogens is 344 g/mol. The van der Waals surface area contributed by atoms with Crippen LogP contribution in [0.2, 0.25) is 0 Å². The highest BCUT2D eigenvalue weighted by Crippen LogP contribution is 2.27. The van der Waals surface area contributed by atoms with Crippen molar-refractivity contribution in [3.63, 3.8) is 0 Å². The number of nitrogens with one attached hydrogen (secondary N) is 1. The first-order valence-corrected chi connectivity index (χ1v) is 10.3. The van der Waals surface area contributed by atoms with E-state index in [-0.39, 0.29) is 11.9 Å². The lowest BCUT2D eigenvalue weighted by molar-refractivity contribution is -0.120. The quantitative estimate of drug-likeness (QED) is 0.798. The second-order valence-corrected chi connectivity index (χ2v) is 7.79. The lowest BCUT2D eigenvalue weighted by Crippen LogP contribution is -2.38.